The van der Waals surface area contributed by atoms with Crippen molar-refractivity contribution >= 4 is 24.0 Å². The Balaban J connectivity index is 0.00000169. The molecular formula is C11H17Cl2N. The molecule has 0 amide bonds. The van der Waals surface area contributed by atoms with Crippen molar-refractivity contribution in [2.75, 3.05) is 0 Å². The van der Waals surface area contributed by atoms with E-state index in [2.05, 4.69) is 13.0 Å². The van der Waals surface area contributed by atoms with Crippen LogP contribution in [0.2, 0.25) is 5.02 Å². The minimum Gasteiger partial charge on any atom is -0.324 e. The number of nitrogens with two attached hydrogens (primary N) is 1. The first kappa shape index (κ1) is 13.8. The van der Waals surface area contributed by atoms with Gasteiger partial charge in [-0.15, -0.1) is 12.4 Å². The van der Waals surface area contributed by atoms with Crippen LogP contribution in [0, 0.1) is 6.92 Å². The summed E-state index contributed by atoms with van der Waals surface area (Å²) in [6.07, 6.45) is 2.14. The summed E-state index contributed by atoms with van der Waals surface area (Å²) >= 11 is 5.92. The average Bonchev–Trinajstić information content (AvgIpc) is 2.10. The summed E-state index contributed by atoms with van der Waals surface area (Å²) < 4.78 is 0. The summed E-state index contributed by atoms with van der Waals surface area (Å²) in [5.41, 5.74) is 8.27. The van der Waals surface area contributed by atoms with Gasteiger partial charge in [0.15, 0.2) is 0 Å². The summed E-state index contributed by atoms with van der Waals surface area (Å²) in [5, 5.41) is 0.812. The Labute approximate surface area is 97.1 Å². The molecule has 0 aliphatic rings. The minimum absolute atomic E-state index is 0. The molecule has 0 aromatic heterocycles. The van der Waals surface area contributed by atoms with E-state index in [0.29, 0.717) is 0 Å². The number of hydrogen-bond acceptors (Lipinski definition) is 1. The molecule has 3 heteroatoms. The molecule has 0 saturated heterocycles. The molecule has 0 radical (unpaired) electrons. The van der Waals surface area contributed by atoms with Gasteiger partial charge in [-0.1, -0.05) is 37.1 Å². The molecule has 0 unspecified atom stereocenters. The highest BCUT2D eigenvalue weighted by Crippen LogP contribution is 2.21. The van der Waals surface area contributed by atoms with Gasteiger partial charge >= 0.3 is 0 Å². The Bertz CT molecular complexity index is 287. The van der Waals surface area contributed by atoms with Gasteiger partial charge < -0.3 is 5.73 Å². The van der Waals surface area contributed by atoms with Gasteiger partial charge in [-0.3, -0.25) is 0 Å². The SMILES string of the molecule is CCC[C@H](N)c1ccc(Cl)c(C)c1.Cl. The molecule has 1 nitrogen and oxygen atoms in total. The lowest BCUT2D eigenvalue weighted by Gasteiger charge is -2.11. The van der Waals surface area contributed by atoms with Crippen LogP contribution in [0.3, 0.4) is 0 Å². The average molecular weight is 234 g/mol. The van der Waals surface area contributed by atoms with E-state index in [-0.39, 0.29) is 18.4 Å². The third kappa shape index (κ3) is 3.49. The second kappa shape index (κ2) is 6.28. The van der Waals surface area contributed by atoms with Crippen molar-refractivity contribution in [3.8, 4) is 0 Å². The quantitative estimate of drug-likeness (QED) is 0.844. The third-order valence-corrected chi connectivity index (χ3v) is 2.63. The molecule has 1 aromatic carbocycles. The Morgan fingerprint density at radius 2 is 2.07 bits per heavy atom. The number of benzene rings is 1. The second-order valence-corrected chi connectivity index (χ2v) is 3.81. The maximum atomic E-state index is 5.98. The number of rotatable bonds is 3. The molecule has 1 rings (SSSR count). The first-order valence-corrected chi connectivity index (χ1v) is 5.04. The topological polar surface area (TPSA) is 26.0 Å². The Kier molecular flexibility index (Phi) is 6.17. The summed E-state index contributed by atoms with van der Waals surface area (Å²) in [7, 11) is 0. The van der Waals surface area contributed by atoms with Gasteiger partial charge in [-0.25, -0.2) is 0 Å². The predicted octanol–water partition coefficient (Wildman–Crippen LogP) is 3.87. The second-order valence-electron chi connectivity index (χ2n) is 3.40. The lowest BCUT2D eigenvalue weighted by molar-refractivity contribution is 0.638. The highest BCUT2D eigenvalue weighted by atomic mass is 35.5. The van der Waals surface area contributed by atoms with Crippen LogP contribution in [0.5, 0.6) is 0 Å². The third-order valence-electron chi connectivity index (χ3n) is 2.21. The van der Waals surface area contributed by atoms with Crippen molar-refractivity contribution in [2.24, 2.45) is 5.73 Å². The van der Waals surface area contributed by atoms with Crippen LogP contribution in [0.25, 0.3) is 0 Å². The van der Waals surface area contributed by atoms with E-state index in [0.717, 1.165) is 23.4 Å². The van der Waals surface area contributed by atoms with Crippen LogP contribution in [0.4, 0.5) is 0 Å². The lowest BCUT2D eigenvalue weighted by atomic mass is 10.0. The summed E-state index contributed by atoms with van der Waals surface area (Å²) in [4.78, 5) is 0. The fourth-order valence-electron chi connectivity index (χ4n) is 1.38. The van der Waals surface area contributed by atoms with Crippen LogP contribution in [-0.2, 0) is 0 Å². The highest BCUT2D eigenvalue weighted by molar-refractivity contribution is 6.31. The Morgan fingerprint density at radius 1 is 1.43 bits per heavy atom. The first-order chi connectivity index (χ1) is 6.15. The number of hydrogen-bond donors (Lipinski definition) is 1. The standard InChI is InChI=1S/C11H16ClN.ClH/c1-3-4-11(13)9-5-6-10(12)8(2)7-9;/h5-7,11H,3-4,13H2,1-2H3;1H/t11-;/m0./s1. The molecule has 0 fully saturated rings. The van der Waals surface area contributed by atoms with E-state index in [4.69, 9.17) is 17.3 Å². The normalized spacial score (nSPS) is 12.0. The fourth-order valence-corrected chi connectivity index (χ4v) is 1.49. The summed E-state index contributed by atoms with van der Waals surface area (Å²) in [6.45, 7) is 4.15. The summed E-state index contributed by atoms with van der Waals surface area (Å²) in [6, 6.07) is 6.15. The van der Waals surface area contributed by atoms with Crippen molar-refractivity contribution in [3.05, 3.63) is 34.3 Å². The maximum Gasteiger partial charge on any atom is 0.0435 e. The van der Waals surface area contributed by atoms with Gasteiger partial charge in [0.1, 0.15) is 0 Å². The van der Waals surface area contributed by atoms with E-state index in [1.807, 2.05) is 19.1 Å². The molecule has 0 aliphatic carbocycles. The lowest BCUT2D eigenvalue weighted by Crippen LogP contribution is -2.09. The summed E-state index contributed by atoms with van der Waals surface area (Å²) in [5.74, 6) is 0. The predicted molar refractivity (Wildman–Crippen MR) is 65.3 cm³/mol. The molecule has 0 saturated carbocycles. The van der Waals surface area contributed by atoms with Gasteiger partial charge in [-0.2, -0.15) is 0 Å². The van der Waals surface area contributed by atoms with Crippen molar-refractivity contribution in [2.45, 2.75) is 32.7 Å². The molecule has 0 heterocycles. The van der Waals surface area contributed by atoms with Crippen molar-refractivity contribution in [3.63, 3.8) is 0 Å². The van der Waals surface area contributed by atoms with E-state index >= 15 is 0 Å². The molecule has 1 atom stereocenters. The van der Waals surface area contributed by atoms with Crippen molar-refractivity contribution in [1.29, 1.82) is 0 Å². The Morgan fingerprint density at radius 3 is 2.57 bits per heavy atom. The minimum atomic E-state index is 0. The highest BCUT2D eigenvalue weighted by Gasteiger charge is 2.05. The van der Waals surface area contributed by atoms with E-state index in [9.17, 15) is 0 Å². The maximum absolute atomic E-state index is 5.98. The van der Waals surface area contributed by atoms with Crippen LogP contribution < -0.4 is 5.73 Å². The number of aryl methyl sites for hydroxylation is 1. The van der Waals surface area contributed by atoms with Gasteiger partial charge in [0.2, 0.25) is 0 Å². The van der Waals surface area contributed by atoms with E-state index in [1.165, 1.54) is 5.56 Å². The molecule has 80 valence electrons. The molecule has 2 N–H and O–H groups in total. The van der Waals surface area contributed by atoms with E-state index < -0.39 is 0 Å². The zero-order chi connectivity index (χ0) is 9.84. The van der Waals surface area contributed by atoms with Gasteiger partial charge in [0, 0.05) is 11.1 Å². The smallest absolute Gasteiger partial charge is 0.0435 e. The Hall–Kier alpha value is -0.240. The number of halogens is 2. The van der Waals surface area contributed by atoms with Gasteiger partial charge in [0.25, 0.3) is 0 Å². The monoisotopic (exact) mass is 233 g/mol. The van der Waals surface area contributed by atoms with E-state index in [1.54, 1.807) is 0 Å². The van der Waals surface area contributed by atoms with Gasteiger partial charge in [0.05, 0.1) is 0 Å². The van der Waals surface area contributed by atoms with Crippen molar-refractivity contribution < 1.29 is 0 Å². The van der Waals surface area contributed by atoms with Gasteiger partial charge in [-0.05, 0) is 30.5 Å². The fraction of sp³-hybridized carbons (Fsp3) is 0.455. The van der Waals surface area contributed by atoms with Crippen LogP contribution >= 0.6 is 24.0 Å². The molecule has 0 bridgehead atoms. The van der Waals surface area contributed by atoms with Crippen LogP contribution in [0.1, 0.15) is 36.9 Å². The largest absolute Gasteiger partial charge is 0.324 e. The molecule has 0 spiro atoms. The first-order valence-electron chi connectivity index (χ1n) is 4.66. The zero-order valence-corrected chi connectivity index (χ0v) is 10.2. The van der Waals surface area contributed by atoms with Crippen LogP contribution in [-0.4, -0.2) is 0 Å². The van der Waals surface area contributed by atoms with Crippen LogP contribution in [0.15, 0.2) is 18.2 Å². The zero-order valence-electron chi connectivity index (χ0n) is 8.59. The molecule has 0 aliphatic heterocycles. The molecule has 14 heavy (non-hydrogen) atoms. The molecular weight excluding hydrogens is 217 g/mol. The molecule has 1 aromatic rings. The van der Waals surface area contributed by atoms with Crippen molar-refractivity contribution in [1.82, 2.24) is 0 Å².